The lowest BCUT2D eigenvalue weighted by Crippen LogP contribution is -2.27. The lowest BCUT2D eigenvalue weighted by molar-refractivity contribution is -0.00461. The van der Waals surface area contributed by atoms with Gasteiger partial charge in [0, 0.05) is 33.0 Å². The third-order valence-corrected chi connectivity index (χ3v) is 3.59. The van der Waals surface area contributed by atoms with E-state index in [9.17, 15) is 4.79 Å². The molecule has 0 amide bonds. The summed E-state index contributed by atoms with van der Waals surface area (Å²) >= 11 is 0. The fourth-order valence-corrected chi connectivity index (χ4v) is 2.50. The van der Waals surface area contributed by atoms with Crippen LogP contribution in [0.3, 0.4) is 0 Å². The standard InChI is InChI=1S/C14H20N2O4/c1-18-12-7-16(8-13(12)19-2)11-5-4-9(15)6-10(11)14(17)20-3/h4-6,12-13H,7-8,15H2,1-3H3. The Bertz CT molecular complexity index is 480. The fraction of sp³-hybridized carbons (Fsp3) is 0.500. The highest BCUT2D eigenvalue weighted by molar-refractivity contribution is 5.97. The van der Waals surface area contributed by atoms with E-state index in [-0.39, 0.29) is 12.2 Å². The quantitative estimate of drug-likeness (QED) is 0.652. The molecule has 0 spiro atoms. The summed E-state index contributed by atoms with van der Waals surface area (Å²) in [5, 5.41) is 0. The average molecular weight is 280 g/mol. The van der Waals surface area contributed by atoms with Crippen LogP contribution in [0.25, 0.3) is 0 Å². The number of nitrogen functional groups attached to an aromatic ring is 1. The van der Waals surface area contributed by atoms with Gasteiger partial charge in [-0.15, -0.1) is 0 Å². The molecule has 2 N–H and O–H groups in total. The molecule has 1 aromatic carbocycles. The van der Waals surface area contributed by atoms with Gasteiger partial charge in [-0.1, -0.05) is 0 Å². The number of benzene rings is 1. The lowest BCUT2D eigenvalue weighted by atomic mass is 10.1. The van der Waals surface area contributed by atoms with Crippen LogP contribution in [0.4, 0.5) is 11.4 Å². The van der Waals surface area contributed by atoms with Gasteiger partial charge in [-0.05, 0) is 18.2 Å². The Morgan fingerprint density at radius 3 is 2.30 bits per heavy atom. The largest absolute Gasteiger partial charge is 0.465 e. The number of methoxy groups -OCH3 is 3. The number of nitrogens with zero attached hydrogens (tertiary/aromatic N) is 1. The summed E-state index contributed by atoms with van der Waals surface area (Å²) in [5.41, 5.74) is 7.52. The van der Waals surface area contributed by atoms with Crippen LogP contribution in [0, 0.1) is 0 Å². The van der Waals surface area contributed by atoms with Gasteiger partial charge in [-0.3, -0.25) is 0 Å². The summed E-state index contributed by atoms with van der Waals surface area (Å²) in [6.45, 7) is 1.31. The number of ether oxygens (including phenoxy) is 3. The highest BCUT2D eigenvalue weighted by atomic mass is 16.5. The first-order chi connectivity index (χ1) is 9.60. The van der Waals surface area contributed by atoms with Crippen LogP contribution in [0.2, 0.25) is 0 Å². The third kappa shape index (κ3) is 2.71. The van der Waals surface area contributed by atoms with Gasteiger partial charge in [0.05, 0.1) is 18.4 Å². The SMILES string of the molecule is COC(=O)c1cc(N)ccc1N1CC(OC)C(OC)C1. The van der Waals surface area contributed by atoms with E-state index >= 15 is 0 Å². The number of hydrogen-bond acceptors (Lipinski definition) is 6. The van der Waals surface area contributed by atoms with Crippen molar-refractivity contribution in [3.63, 3.8) is 0 Å². The lowest BCUT2D eigenvalue weighted by Gasteiger charge is -2.21. The van der Waals surface area contributed by atoms with Crippen LogP contribution in [0.15, 0.2) is 18.2 Å². The normalized spacial score (nSPS) is 22.1. The highest BCUT2D eigenvalue weighted by Crippen LogP contribution is 2.28. The summed E-state index contributed by atoms with van der Waals surface area (Å²) in [4.78, 5) is 13.9. The molecule has 1 aliphatic rings. The first kappa shape index (κ1) is 14.6. The van der Waals surface area contributed by atoms with Gasteiger partial charge in [0.25, 0.3) is 0 Å². The van der Waals surface area contributed by atoms with E-state index in [4.69, 9.17) is 19.9 Å². The Kier molecular flexibility index (Phi) is 4.46. The Morgan fingerprint density at radius 2 is 1.80 bits per heavy atom. The molecular formula is C14H20N2O4. The third-order valence-electron chi connectivity index (χ3n) is 3.59. The van der Waals surface area contributed by atoms with Crippen molar-refractivity contribution >= 4 is 17.3 Å². The molecule has 0 saturated carbocycles. The number of esters is 1. The molecule has 2 unspecified atom stereocenters. The van der Waals surface area contributed by atoms with Crippen molar-refractivity contribution in [2.24, 2.45) is 0 Å². The van der Waals surface area contributed by atoms with E-state index in [1.54, 1.807) is 26.4 Å². The molecule has 6 nitrogen and oxygen atoms in total. The van der Waals surface area contributed by atoms with E-state index in [0.717, 1.165) is 5.69 Å². The summed E-state index contributed by atoms with van der Waals surface area (Å²) in [5.74, 6) is -0.401. The van der Waals surface area contributed by atoms with Crippen LogP contribution in [0.5, 0.6) is 0 Å². The molecule has 1 heterocycles. The van der Waals surface area contributed by atoms with E-state index in [1.807, 2.05) is 11.0 Å². The second kappa shape index (κ2) is 6.11. The van der Waals surface area contributed by atoms with Crippen molar-refractivity contribution in [2.75, 3.05) is 45.1 Å². The monoisotopic (exact) mass is 280 g/mol. The molecule has 0 aromatic heterocycles. The maximum atomic E-state index is 11.9. The van der Waals surface area contributed by atoms with E-state index in [0.29, 0.717) is 24.3 Å². The predicted octanol–water partition coefficient (Wildman–Crippen LogP) is 0.905. The zero-order valence-electron chi connectivity index (χ0n) is 12.0. The number of carbonyl (C=O) groups excluding carboxylic acids is 1. The van der Waals surface area contributed by atoms with Gasteiger partial charge in [-0.2, -0.15) is 0 Å². The van der Waals surface area contributed by atoms with Crippen molar-refractivity contribution in [3.8, 4) is 0 Å². The number of rotatable bonds is 4. The van der Waals surface area contributed by atoms with Gasteiger partial charge >= 0.3 is 5.97 Å². The van der Waals surface area contributed by atoms with Gasteiger partial charge in [0.2, 0.25) is 0 Å². The molecule has 110 valence electrons. The minimum Gasteiger partial charge on any atom is -0.465 e. The summed E-state index contributed by atoms with van der Waals surface area (Å²) in [7, 11) is 4.67. The fourth-order valence-electron chi connectivity index (χ4n) is 2.50. The van der Waals surface area contributed by atoms with Crippen LogP contribution in [0.1, 0.15) is 10.4 Å². The van der Waals surface area contributed by atoms with Gasteiger partial charge in [-0.25, -0.2) is 4.79 Å². The Balaban J connectivity index is 2.31. The number of nitrogens with two attached hydrogens (primary N) is 1. The molecule has 0 bridgehead atoms. The smallest absolute Gasteiger partial charge is 0.340 e. The molecular weight excluding hydrogens is 260 g/mol. The van der Waals surface area contributed by atoms with Crippen molar-refractivity contribution in [2.45, 2.75) is 12.2 Å². The van der Waals surface area contributed by atoms with E-state index in [2.05, 4.69) is 0 Å². The minimum atomic E-state index is -0.401. The number of anilines is 2. The van der Waals surface area contributed by atoms with Gasteiger partial charge in [0.15, 0.2) is 0 Å². The molecule has 1 aliphatic heterocycles. The average Bonchev–Trinajstić information content (AvgIpc) is 2.89. The van der Waals surface area contributed by atoms with Crippen LogP contribution >= 0.6 is 0 Å². The molecule has 2 atom stereocenters. The summed E-state index contributed by atoms with van der Waals surface area (Å²) in [6.07, 6.45) is -0.0499. The first-order valence-electron chi connectivity index (χ1n) is 6.39. The Morgan fingerprint density at radius 1 is 1.20 bits per heavy atom. The first-order valence-corrected chi connectivity index (χ1v) is 6.39. The molecule has 20 heavy (non-hydrogen) atoms. The number of carbonyl (C=O) groups is 1. The van der Waals surface area contributed by atoms with Crippen LogP contribution in [-0.2, 0) is 14.2 Å². The molecule has 0 aliphatic carbocycles. The summed E-state index contributed by atoms with van der Waals surface area (Å²) < 4.78 is 15.6. The molecule has 2 rings (SSSR count). The second-order valence-corrected chi connectivity index (χ2v) is 4.72. The molecule has 6 heteroatoms. The van der Waals surface area contributed by atoms with Crippen LogP contribution in [-0.4, -0.2) is 52.6 Å². The van der Waals surface area contributed by atoms with Gasteiger partial charge in [0.1, 0.15) is 12.2 Å². The molecule has 0 radical (unpaired) electrons. The van der Waals surface area contributed by atoms with Crippen molar-refractivity contribution < 1.29 is 19.0 Å². The minimum absolute atomic E-state index is 0.0250. The van der Waals surface area contributed by atoms with Crippen molar-refractivity contribution in [3.05, 3.63) is 23.8 Å². The molecule has 1 saturated heterocycles. The maximum Gasteiger partial charge on any atom is 0.340 e. The van der Waals surface area contributed by atoms with E-state index in [1.165, 1.54) is 7.11 Å². The maximum absolute atomic E-state index is 11.9. The zero-order valence-corrected chi connectivity index (χ0v) is 12.0. The zero-order chi connectivity index (χ0) is 14.7. The molecule has 1 fully saturated rings. The van der Waals surface area contributed by atoms with Gasteiger partial charge < -0.3 is 24.8 Å². The Hall–Kier alpha value is -1.79. The predicted molar refractivity (Wildman–Crippen MR) is 76.0 cm³/mol. The van der Waals surface area contributed by atoms with Crippen molar-refractivity contribution in [1.29, 1.82) is 0 Å². The molecule has 1 aromatic rings. The summed E-state index contributed by atoms with van der Waals surface area (Å²) in [6, 6.07) is 5.22. The number of hydrogen-bond donors (Lipinski definition) is 1. The van der Waals surface area contributed by atoms with E-state index < -0.39 is 5.97 Å². The Labute approximate surface area is 118 Å². The second-order valence-electron chi connectivity index (χ2n) is 4.72. The van der Waals surface area contributed by atoms with Crippen LogP contribution < -0.4 is 10.6 Å². The topological polar surface area (TPSA) is 74.0 Å². The highest BCUT2D eigenvalue weighted by Gasteiger charge is 2.34. The van der Waals surface area contributed by atoms with Crippen molar-refractivity contribution in [1.82, 2.24) is 0 Å².